The van der Waals surface area contributed by atoms with E-state index in [-0.39, 0.29) is 18.9 Å². The van der Waals surface area contributed by atoms with Gasteiger partial charge >= 0.3 is 5.97 Å². The van der Waals surface area contributed by atoms with Crippen molar-refractivity contribution >= 4 is 23.2 Å². The normalized spacial score (nSPS) is 20.0. The van der Waals surface area contributed by atoms with Crippen molar-refractivity contribution in [3.63, 3.8) is 0 Å². The van der Waals surface area contributed by atoms with Crippen molar-refractivity contribution in [1.29, 1.82) is 0 Å². The van der Waals surface area contributed by atoms with Crippen LogP contribution >= 0.6 is 11.3 Å². The van der Waals surface area contributed by atoms with E-state index < -0.39 is 11.5 Å². The number of carbonyl (C=O) groups excluding carboxylic acids is 1. The van der Waals surface area contributed by atoms with Gasteiger partial charge in [0.1, 0.15) is 0 Å². The molecule has 24 heavy (non-hydrogen) atoms. The lowest BCUT2D eigenvalue weighted by Crippen LogP contribution is -2.50. The van der Waals surface area contributed by atoms with Crippen LogP contribution in [0.25, 0.3) is 11.3 Å². The van der Waals surface area contributed by atoms with E-state index >= 15 is 0 Å². The maximum atomic E-state index is 12.6. The second-order valence-corrected chi connectivity index (χ2v) is 7.00. The standard InChI is InChI=1S/C17H18N2O4S/c1-11-18-14(9-24-11)12-3-2-4-13(7-12)16(22)19-17(8-15(20)21)5-6-23-10-17/h2-4,7,9H,5-6,8,10H2,1H3,(H,19,22)(H,20,21). The first-order chi connectivity index (χ1) is 11.5. The number of carbonyl (C=O) groups is 2. The molecule has 1 aliphatic rings. The average molecular weight is 346 g/mol. The number of hydrogen-bond donors (Lipinski definition) is 2. The highest BCUT2D eigenvalue weighted by Crippen LogP contribution is 2.25. The molecule has 1 fully saturated rings. The molecule has 0 aliphatic carbocycles. The fourth-order valence-corrected chi connectivity index (χ4v) is 3.43. The number of nitrogens with one attached hydrogen (secondary N) is 1. The van der Waals surface area contributed by atoms with Gasteiger partial charge in [0, 0.05) is 23.1 Å². The molecule has 7 heteroatoms. The average Bonchev–Trinajstić information content (AvgIpc) is 3.16. The number of hydrogen-bond acceptors (Lipinski definition) is 5. The van der Waals surface area contributed by atoms with Crippen LogP contribution in [0.2, 0.25) is 0 Å². The predicted molar refractivity (Wildman–Crippen MR) is 90.2 cm³/mol. The van der Waals surface area contributed by atoms with Crippen LogP contribution in [0, 0.1) is 6.92 Å². The third-order valence-electron chi connectivity index (χ3n) is 4.01. The van der Waals surface area contributed by atoms with Crippen LogP contribution in [0.15, 0.2) is 29.6 Å². The van der Waals surface area contributed by atoms with Crippen molar-refractivity contribution in [1.82, 2.24) is 10.3 Å². The first-order valence-corrected chi connectivity index (χ1v) is 8.50. The maximum Gasteiger partial charge on any atom is 0.305 e. The van der Waals surface area contributed by atoms with Gasteiger partial charge in [-0.15, -0.1) is 11.3 Å². The van der Waals surface area contributed by atoms with Gasteiger partial charge in [-0.05, 0) is 25.5 Å². The second-order valence-electron chi connectivity index (χ2n) is 5.94. The van der Waals surface area contributed by atoms with Gasteiger partial charge in [-0.25, -0.2) is 4.98 Å². The van der Waals surface area contributed by atoms with Gasteiger partial charge in [-0.1, -0.05) is 12.1 Å². The van der Waals surface area contributed by atoms with Gasteiger partial charge in [0.15, 0.2) is 0 Å². The van der Waals surface area contributed by atoms with Crippen molar-refractivity contribution < 1.29 is 19.4 Å². The van der Waals surface area contributed by atoms with Crippen molar-refractivity contribution in [3.8, 4) is 11.3 Å². The number of carboxylic acids is 1. The molecule has 1 unspecified atom stereocenters. The molecule has 1 aromatic heterocycles. The molecule has 126 valence electrons. The molecule has 0 spiro atoms. The molecule has 1 atom stereocenters. The number of carboxylic acid groups (broad SMARTS) is 1. The molecule has 1 saturated heterocycles. The molecule has 2 N–H and O–H groups in total. The van der Waals surface area contributed by atoms with E-state index in [9.17, 15) is 9.59 Å². The van der Waals surface area contributed by atoms with Crippen LogP contribution in [0.3, 0.4) is 0 Å². The first kappa shape index (κ1) is 16.6. The summed E-state index contributed by atoms with van der Waals surface area (Å²) in [4.78, 5) is 28.1. The van der Waals surface area contributed by atoms with Crippen molar-refractivity contribution in [2.45, 2.75) is 25.3 Å². The molecule has 6 nitrogen and oxygen atoms in total. The van der Waals surface area contributed by atoms with Crippen molar-refractivity contribution in [2.24, 2.45) is 0 Å². The van der Waals surface area contributed by atoms with Gasteiger partial charge in [0.25, 0.3) is 5.91 Å². The minimum absolute atomic E-state index is 0.149. The Morgan fingerprint density at radius 2 is 2.29 bits per heavy atom. The van der Waals surface area contributed by atoms with E-state index in [0.29, 0.717) is 18.6 Å². The smallest absolute Gasteiger partial charge is 0.305 e. The molecule has 0 radical (unpaired) electrons. The fourth-order valence-electron chi connectivity index (χ4n) is 2.81. The van der Waals surface area contributed by atoms with Crippen molar-refractivity contribution in [3.05, 3.63) is 40.2 Å². The molecule has 1 aromatic carbocycles. The molecule has 1 amide bonds. The molecule has 1 aliphatic heterocycles. The number of benzene rings is 1. The maximum absolute atomic E-state index is 12.6. The van der Waals surface area contributed by atoms with E-state index in [4.69, 9.17) is 9.84 Å². The van der Waals surface area contributed by atoms with Gasteiger partial charge < -0.3 is 15.2 Å². The summed E-state index contributed by atoms with van der Waals surface area (Å²) in [5, 5.41) is 14.9. The number of thiazole rings is 1. The van der Waals surface area contributed by atoms with Crippen molar-refractivity contribution in [2.75, 3.05) is 13.2 Å². The highest BCUT2D eigenvalue weighted by atomic mass is 32.1. The summed E-state index contributed by atoms with van der Waals surface area (Å²) in [5.41, 5.74) is 1.34. The fraction of sp³-hybridized carbons (Fsp3) is 0.353. The minimum atomic E-state index is -0.951. The number of aliphatic carboxylic acids is 1. The molecule has 2 aromatic rings. The van der Waals surface area contributed by atoms with E-state index in [1.807, 2.05) is 18.4 Å². The number of rotatable bonds is 5. The third kappa shape index (κ3) is 3.63. The van der Waals surface area contributed by atoms with Crippen LogP contribution in [-0.4, -0.2) is 40.7 Å². The second kappa shape index (κ2) is 6.70. The Morgan fingerprint density at radius 3 is 2.92 bits per heavy atom. The molecule has 0 bridgehead atoms. The summed E-state index contributed by atoms with van der Waals surface area (Å²) in [6.45, 7) is 2.60. The summed E-state index contributed by atoms with van der Waals surface area (Å²) in [6.07, 6.45) is 0.347. The zero-order valence-corrected chi connectivity index (χ0v) is 14.1. The number of aromatic nitrogens is 1. The van der Waals surface area contributed by atoms with Gasteiger partial charge in [0.2, 0.25) is 0 Å². The van der Waals surface area contributed by atoms with E-state index in [0.717, 1.165) is 16.3 Å². The Bertz CT molecular complexity index is 765. The predicted octanol–water partition coefficient (Wildman–Crippen LogP) is 2.48. The zero-order valence-electron chi connectivity index (χ0n) is 13.2. The number of nitrogens with zero attached hydrogens (tertiary/aromatic N) is 1. The first-order valence-electron chi connectivity index (χ1n) is 7.62. The molecule has 2 heterocycles. The Hall–Kier alpha value is -2.25. The number of amides is 1. The van der Waals surface area contributed by atoms with E-state index in [1.165, 1.54) is 0 Å². The van der Waals surface area contributed by atoms with Gasteiger partial charge in [0.05, 0.1) is 29.3 Å². The van der Waals surface area contributed by atoms with Crippen LogP contribution in [0.5, 0.6) is 0 Å². The van der Waals surface area contributed by atoms with Crippen LogP contribution in [-0.2, 0) is 9.53 Å². The van der Waals surface area contributed by atoms with Gasteiger partial charge in [-0.3, -0.25) is 9.59 Å². The molecule has 3 rings (SSSR count). The van der Waals surface area contributed by atoms with Gasteiger partial charge in [-0.2, -0.15) is 0 Å². The summed E-state index contributed by atoms with van der Waals surface area (Å²) < 4.78 is 5.31. The monoisotopic (exact) mass is 346 g/mol. The summed E-state index contributed by atoms with van der Waals surface area (Å²) in [5.74, 6) is -1.25. The lowest BCUT2D eigenvalue weighted by molar-refractivity contribution is -0.138. The Labute approximate surface area is 143 Å². The highest BCUT2D eigenvalue weighted by molar-refractivity contribution is 7.09. The molecular formula is C17H18N2O4S. The summed E-state index contributed by atoms with van der Waals surface area (Å²) >= 11 is 1.55. The minimum Gasteiger partial charge on any atom is -0.481 e. The number of aryl methyl sites for hydroxylation is 1. The Kier molecular flexibility index (Phi) is 4.64. The van der Waals surface area contributed by atoms with E-state index in [2.05, 4.69) is 10.3 Å². The summed E-state index contributed by atoms with van der Waals surface area (Å²) in [6, 6.07) is 7.18. The Morgan fingerprint density at radius 1 is 1.46 bits per heavy atom. The van der Waals surface area contributed by atoms with Crippen LogP contribution in [0.1, 0.15) is 28.2 Å². The van der Waals surface area contributed by atoms with Crippen LogP contribution < -0.4 is 5.32 Å². The Balaban J connectivity index is 1.81. The topological polar surface area (TPSA) is 88.5 Å². The zero-order chi connectivity index (χ0) is 17.2. The van der Waals surface area contributed by atoms with E-state index in [1.54, 1.807) is 29.5 Å². The van der Waals surface area contributed by atoms with Crippen LogP contribution in [0.4, 0.5) is 0 Å². The number of ether oxygens (including phenoxy) is 1. The lowest BCUT2D eigenvalue weighted by atomic mass is 9.93. The molecule has 0 saturated carbocycles. The lowest BCUT2D eigenvalue weighted by Gasteiger charge is -2.27. The third-order valence-corrected chi connectivity index (χ3v) is 4.78. The SMILES string of the molecule is Cc1nc(-c2cccc(C(=O)NC3(CC(=O)O)CCOC3)c2)cs1. The highest BCUT2D eigenvalue weighted by Gasteiger charge is 2.38. The largest absolute Gasteiger partial charge is 0.481 e. The quantitative estimate of drug-likeness (QED) is 0.868. The molecular weight excluding hydrogens is 328 g/mol. The summed E-state index contributed by atoms with van der Waals surface area (Å²) in [7, 11) is 0.